The third kappa shape index (κ3) is 5.05. The Morgan fingerprint density at radius 1 is 1.43 bits per heavy atom. The first kappa shape index (κ1) is 25.2. The van der Waals surface area contributed by atoms with E-state index < -0.39 is 28.7 Å². The van der Waals surface area contributed by atoms with Gasteiger partial charge in [0.1, 0.15) is 40.5 Å². The minimum Gasteiger partial charge on any atom is -0.481 e. The highest BCUT2D eigenvalue weighted by atomic mass is 32.2. The van der Waals surface area contributed by atoms with E-state index in [-0.39, 0.29) is 47.7 Å². The zero-order chi connectivity index (χ0) is 25.2. The number of fused-ring (bicyclic) bond motifs is 1. The van der Waals surface area contributed by atoms with Crippen molar-refractivity contribution in [2.45, 2.75) is 22.3 Å². The first-order valence-corrected chi connectivity index (χ1v) is 13.1. The molecule has 2 amide bonds. The maximum Gasteiger partial charge on any atom is 0.313 e. The highest BCUT2D eigenvalue weighted by molar-refractivity contribution is 8.01. The van der Waals surface area contributed by atoms with Gasteiger partial charge in [-0.1, -0.05) is 34.3 Å². The van der Waals surface area contributed by atoms with Crippen LogP contribution in [0.25, 0.3) is 0 Å². The summed E-state index contributed by atoms with van der Waals surface area (Å²) in [5, 5.41) is 24.6. The molecule has 16 heteroatoms. The zero-order valence-corrected chi connectivity index (χ0v) is 20.9. The summed E-state index contributed by atoms with van der Waals surface area (Å²) in [7, 11) is 1.29. The van der Waals surface area contributed by atoms with Gasteiger partial charge >= 0.3 is 5.97 Å². The average Bonchev–Trinajstić information content (AvgIpc) is 3.32. The van der Waals surface area contributed by atoms with Gasteiger partial charge in [0, 0.05) is 24.6 Å². The number of rotatable bonds is 9. The number of nitrogens with two attached hydrogens (primary N) is 2. The van der Waals surface area contributed by atoms with E-state index in [2.05, 4.69) is 25.7 Å². The number of carboxylic acid groups (broad SMARTS) is 1. The summed E-state index contributed by atoms with van der Waals surface area (Å²) in [6.07, 6.45) is 0. The third-order valence-electron chi connectivity index (χ3n) is 5.39. The van der Waals surface area contributed by atoms with Crippen molar-refractivity contribution in [1.82, 2.24) is 25.4 Å². The summed E-state index contributed by atoms with van der Waals surface area (Å²) < 4.78 is 0.624. The van der Waals surface area contributed by atoms with E-state index in [1.807, 2.05) is 0 Å². The van der Waals surface area contributed by atoms with E-state index in [1.165, 1.54) is 46.9 Å². The molecule has 2 aliphatic rings. The number of nitrogen functional groups attached to an aromatic ring is 1. The lowest BCUT2D eigenvalue weighted by atomic mass is 9.89. The van der Waals surface area contributed by atoms with Crippen LogP contribution in [0.3, 0.4) is 0 Å². The molecule has 2 fully saturated rings. The SMILES string of the molecule is CON=C(C(=O)NC1C(=O)N2CC(CSc3nnc(CN)s3)(C(=O)O)CS[C@H]12)c1cccc(N)n1. The van der Waals surface area contributed by atoms with Crippen molar-refractivity contribution < 1.29 is 24.3 Å². The number of pyridine rings is 1. The normalized spacial score (nSPS) is 23.9. The second-order valence-electron chi connectivity index (χ2n) is 7.73. The third-order valence-corrected chi connectivity index (χ3v) is 9.35. The lowest BCUT2D eigenvalue weighted by Crippen LogP contribution is -2.74. The summed E-state index contributed by atoms with van der Waals surface area (Å²) in [5.41, 5.74) is 10.2. The number of amides is 2. The van der Waals surface area contributed by atoms with Gasteiger partial charge in [0.15, 0.2) is 10.1 Å². The quantitative estimate of drug-likeness (QED) is 0.139. The first-order valence-electron chi connectivity index (χ1n) is 10.2. The zero-order valence-electron chi connectivity index (χ0n) is 18.4. The molecule has 0 aliphatic carbocycles. The highest BCUT2D eigenvalue weighted by Gasteiger charge is 2.57. The number of carbonyl (C=O) groups is 3. The van der Waals surface area contributed by atoms with Gasteiger partial charge in [0.25, 0.3) is 5.91 Å². The van der Waals surface area contributed by atoms with Gasteiger partial charge in [0.05, 0.1) is 0 Å². The molecule has 0 aromatic carbocycles. The Morgan fingerprint density at radius 2 is 2.23 bits per heavy atom. The van der Waals surface area contributed by atoms with Gasteiger partial charge in [-0.2, -0.15) is 0 Å². The van der Waals surface area contributed by atoms with E-state index in [0.29, 0.717) is 9.35 Å². The number of carbonyl (C=O) groups excluding carboxylic acids is 2. The van der Waals surface area contributed by atoms with Crippen LogP contribution in [0.2, 0.25) is 0 Å². The van der Waals surface area contributed by atoms with Crippen molar-refractivity contribution in [2.75, 3.05) is 30.9 Å². The topological polar surface area (TPSA) is 199 Å². The number of aromatic nitrogens is 3. The lowest BCUT2D eigenvalue weighted by molar-refractivity contribution is -0.157. The Balaban J connectivity index is 1.42. The van der Waals surface area contributed by atoms with Crippen LogP contribution in [0.4, 0.5) is 5.82 Å². The molecule has 0 spiro atoms. The van der Waals surface area contributed by atoms with Crippen molar-refractivity contribution in [1.29, 1.82) is 0 Å². The van der Waals surface area contributed by atoms with E-state index in [1.54, 1.807) is 18.2 Å². The van der Waals surface area contributed by atoms with Gasteiger partial charge in [0.2, 0.25) is 5.91 Å². The fraction of sp³-hybridized carbons (Fsp3) is 0.421. The van der Waals surface area contributed by atoms with Crippen LogP contribution in [0, 0.1) is 5.41 Å². The number of nitrogens with zero attached hydrogens (tertiary/aromatic N) is 5. The van der Waals surface area contributed by atoms with Crippen LogP contribution in [-0.4, -0.2) is 85.3 Å². The Bertz CT molecular complexity index is 1180. The summed E-state index contributed by atoms with van der Waals surface area (Å²) in [5.74, 6) is -1.35. The van der Waals surface area contributed by atoms with Crippen LogP contribution in [0.5, 0.6) is 0 Å². The predicted octanol–water partition coefficient (Wildman–Crippen LogP) is -0.412. The van der Waals surface area contributed by atoms with Crippen LogP contribution in [-0.2, 0) is 25.8 Å². The van der Waals surface area contributed by atoms with Gasteiger partial charge in [-0.25, -0.2) is 4.98 Å². The number of thioether (sulfide) groups is 2. The largest absolute Gasteiger partial charge is 0.481 e. The van der Waals surface area contributed by atoms with Crippen LogP contribution in [0.15, 0.2) is 27.7 Å². The second-order valence-corrected chi connectivity index (χ2v) is 11.1. The number of carboxylic acids is 1. The summed E-state index contributed by atoms with van der Waals surface area (Å²) in [4.78, 5) is 48.3. The van der Waals surface area contributed by atoms with Crippen molar-refractivity contribution in [3.63, 3.8) is 0 Å². The Hall–Kier alpha value is -2.95. The molecule has 0 bridgehead atoms. The fourth-order valence-corrected chi connectivity index (χ4v) is 7.21. The summed E-state index contributed by atoms with van der Waals surface area (Å²) in [6, 6.07) is 3.90. The molecule has 2 saturated heterocycles. The summed E-state index contributed by atoms with van der Waals surface area (Å²) in [6.45, 7) is 0.288. The van der Waals surface area contributed by atoms with Gasteiger partial charge < -0.3 is 31.6 Å². The highest BCUT2D eigenvalue weighted by Crippen LogP contribution is 2.44. The van der Waals surface area contributed by atoms with Crippen molar-refractivity contribution >= 4 is 64.2 Å². The molecule has 4 rings (SSSR count). The standard InChI is InChI=1S/C19H22N8O5S3/c1-32-26-12(9-3-2-4-10(21)22-9)14(28)23-13-15(29)27-6-19(17(30)31,7-33-16(13)27)8-34-18-25-24-11(5-20)35-18/h2-4,13,16H,5-8,20H2,1H3,(H2,21,22)(H,23,28)(H,30,31)/t13?,16-,19?/m1/s1. The second kappa shape index (κ2) is 10.3. The molecule has 6 N–H and O–H groups in total. The number of hydrogen-bond donors (Lipinski definition) is 4. The number of anilines is 1. The lowest BCUT2D eigenvalue weighted by Gasteiger charge is -2.53. The number of nitrogens with one attached hydrogen (secondary N) is 1. The molecule has 2 aromatic rings. The van der Waals surface area contributed by atoms with Crippen molar-refractivity contribution in [3.05, 3.63) is 28.9 Å². The maximum absolute atomic E-state index is 12.9. The Kier molecular flexibility index (Phi) is 7.44. The number of aliphatic carboxylic acids is 1. The molecule has 2 aromatic heterocycles. The van der Waals surface area contributed by atoms with E-state index in [9.17, 15) is 19.5 Å². The molecule has 186 valence electrons. The Morgan fingerprint density at radius 3 is 2.89 bits per heavy atom. The number of β-lactam (4-membered cyclic amide) rings is 1. The van der Waals surface area contributed by atoms with Crippen molar-refractivity contribution in [3.8, 4) is 0 Å². The molecule has 2 aliphatic heterocycles. The molecule has 13 nitrogen and oxygen atoms in total. The van der Waals surface area contributed by atoms with Gasteiger partial charge in [-0.15, -0.1) is 22.0 Å². The fourth-order valence-electron chi connectivity index (χ4n) is 3.57. The van der Waals surface area contributed by atoms with Crippen LogP contribution >= 0.6 is 34.9 Å². The molecule has 35 heavy (non-hydrogen) atoms. The molecule has 4 heterocycles. The van der Waals surface area contributed by atoms with E-state index in [0.717, 1.165) is 0 Å². The number of oxime groups is 1. The van der Waals surface area contributed by atoms with Crippen LogP contribution in [0.1, 0.15) is 10.7 Å². The van der Waals surface area contributed by atoms with Crippen molar-refractivity contribution in [2.24, 2.45) is 16.3 Å². The van der Waals surface area contributed by atoms with Gasteiger partial charge in [-0.05, 0) is 12.1 Å². The molecular weight excluding hydrogens is 516 g/mol. The molecule has 3 atom stereocenters. The molecule has 0 radical (unpaired) electrons. The molecular formula is C19H22N8O5S3. The average molecular weight is 539 g/mol. The Labute approximate surface area is 212 Å². The summed E-state index contributed by atoms with van der Waals surface area (Å²) >= 11 is 3.90. The van der Waals surface area contributed by atoms with Gasteiger partial charge in [-0.3, -0.25) is 14.4 Å². The monoisotopic (exact) mass is 538 g/mol. The maximum atomic E-state index is 12.9. The minimum atomic E-state index is -1.17. The van der Waals surface area contributed by atoms with E-state index >= 15 is 0 Å². The minimum absolute atomic E-state index is 0.0244. The predicted molar refractivity (Wildman–Crippen MR) is 131 cm³/mol. The van der Waals surface area contributed by atoms with Crippen LogP contribution < -0.4 is 16.8 Å². The molecule has 2 unspecified atom stereocenters. The first-order chi connectivity index (χ1) is 16.8. The van der Waals surface area contributed by atoms with E-state index in [4.69, 9.17) is 16.3 Å². The molecule has 0 saturated carbocycles. The number of hydrogen-bond acceptors (Lipinski definition) is 13. The smallest absolute Gasteiger partial charge is 0.313 e.